The number of likely N-dealkylation sites (N-methyl/N-ethyl adjacent to an activating group) is 1. The van der Waals surface area contributed by atoms with Crippen molar-refractivity contribution < 1.29 is 22.7 Å². The van der Waals surface area contributed by atoms with E-state index in [0.717, 1.165) is 0 Å². The van der Waals surface area contributed by atoms with E-state index in [0.29, 0.717) is 12.1 Å². The molecule has 1 aromatic rings. The van der Waals surface area contributed by atoms with Crippen LogP contribution in [0.5, 0.6) is 5.75 Å². The van der Waals surface area contributed by atoms with Crippen molar-refractivity contribution in [3.05, 3.63) is 29.8 Å². The van der Waals surface area contributed by atoms with Crippen LogP contribution in [-0.4, -0.2) is 25.4 Å². The summed E-state index contributed by atoms with van der Waals surface area (Å²) in [6.45, 7) is 2.44. The molecule has 0 radical (unpaired) electrons. The monoisotopic (exact) mass is 276 g/mol. The minimum Gasteiger partial charge on any atom is -0.405 e. The average molecular weight is 276 g/mol. The fraction of sp³-hybridized carbons (Fsp3) is 0.417. The molecule has 1 aromatic carbocycles. The number of alkyl halides is 3. The molecule has 0 heterocycles. The highest BCUT2D eigenvalue weighted by Gasteiger charge is 2.31. The number of hydrogen-bond acceptors (Lipinski definition) is 3. The Balaban J connectivity index is 2.56. The highest BCUT2D eigenvalue weighted by molar-refractivity contribution is 5.77. The van der Waals surface area contributed by atoms with E-state index < -0.39 is 6.36 Å². The first-order chi connectivity index (χ1) is 8.92. The molecule has 0 saturated carbocycles. The van der Waals surface area contributed by atoms with Crippen LogP contribution < -0.4 is 15.4 Å². The number of halogens is 3. The van der Waals surface area contributed by atoms with Crippen LogP contribution in [0.3, 0.4) is 0 Å². The molecule has 0 fully saturated rings. The van der Waals surface area contributed by atoms with Gasteiger partial charge >= 0.3 is 6.36 Å². The number of ether oxygens (including phenoxy) is 1. The molecule has 4 nitrogen and oxygen atoms in total. The maximum absolute atomic E-state index is 12.2. The van der Waals surface area contributed by atoms with E-state index in [4.69, 9.17) is 0 Å². The molecule has 0 atom stereocenters. The summed E-state index contributed by atoms with van der Waals surface area (Å²) in [5.41, 5.74) is 0.337. The maximum Gasteiger partial charge on any atom is 0.573 e. The molecule has 7 heteroatoms. The zero-order valence-electron chi connectivity index (χ0n) is 10.4. The van der Waals surface area contributed by atoms with Crippen molar-refractivity contribution in [1.29, 1.82) is 0 Å². The number of nitrogens with one attached hydrogen (secondary N) is 2. The largest absolute Gasteiger partial charge is 0.573 e. The van der Waals surface area contributed by atoms with Gasteiger partial charge in [0.1, 0.15) is 5.75 Å². The van der Waals surface area contributed by atoms with Crippen LogP contribution in [0.2, 0.25) is 0 Å². The molecule has 0 aliphatic rings. The summed E-state index contributed by atoms with van der Waals surface area (Å²) in [6.07, 6.45) is -4.73. The third-order valence-electron chi connectivity index (χ3n) is 2.17. The standard InChI is InChI=1S/C12H15F3N2O2/c1-2-17-11(18)8-16-7-9-5-3-4-6-10(9)19-12(13,14)15/h3-6,16H,2,7-8H2,1H3,(H,17,18). The molecule has 0 aromatic heterocycles. The van der Waals surface area contributed by atoms with E-state index >= 15 is 0 Å². The minimum atomic E-state index is -4.73. The summed E-state index contributed by atoms with van der Waals surface area (Å²) in [6, 6.07) is 5.79. The van der Waals surface area contributed by atoms with Gasteiger partial charge in [-0.05, 0) is 13.0 Å². The lowest BCUT2D eigenvalue weighted by atomic mass is 10.2. The topological polar surface area (TPSA) is 50.4 Å². The first kappa shape index (κ1) is 15.3. The van der Waals surface area contributed by atoms with Crippen LogP contribution in [-0.2, 0) is 11.3 Å². The van der Waals surface area contributed by atoms with Crippen molar-refractivity contribution in [3.63, 3.8) is 0 Å². The lowest BCUT2D eigenvalue weighted by Crippen LogP contribution is -2.33. The molecule has 106 valence electrons. The van der Waals surface area contributed by atoms with Crippen LogP contribution in [0.1, 0.15) is 12.5 Å². The van der Waals surface area contributed by atoms with E-state index in [1.165, 1.54) is 18.2 Å². The summed E-state index contributed by atoms with van der Waals surface area (Å²) in [4.78, 5) is 11.2. The zero-order chi connectivity index (χ0) is 14.3. The van der Waals surface area contributed by atoms with Gasteiger partial charge in [0, 0.05) is 18.7 Å². The summed E-state index contributed by atoms with van der Waals surface area (Å²) in [5.74, 6) is -0.477. The average Bonchev–Trinajstić information content (AvgIpc) is 2.30. The predicted molar refractivity (Wildman–Crippen MR) is 63.5 cm³/mol. The Labute approximate surface area is 108 Å². The Morgan fingerprint density at radius 2 is 2.00 bits per heavy atom. The Morgan fingerprint density at radius 3 is 2.63 bits per heavy atom. The summed E-state index contributed by atoms with van der Waals surface area (Å²) < 4.78 is 40.4. The van der Waals surface area contributed by atoms with E-state index in [2.05, 4.69) is 15.4 Å². The Bertz CT molecular complexity index is 422. The number of rotatable bonds is 6. The van der Waals surface area contributed by atoms with Gasteiger partial charge in [-0.15, -0.1) is 13.2 Å². The lowest BCUT2D eigenvalue weighted by molar-refractivity contribution is -0.274. The fourth-order valence-corrected chi connectivity index (χ4v) is 1.44. The van der Waals surface area contributed by atoms with E-state index in [-0.39, 0.29) is 24.7 Å². The van der Waals surface area contributed by atoms with Crippen LogP contribution in [0.25, 0.3) is 0 Å². The quantitative estimate of drug-likeness (QED) is 0.833. The van der Waals surface area contributed by atoms with Gasteiger partial charge in [0.05, 0.1) is 6.54 Å². The number of carbonyl (C=O) groups is 1. The molecule has 1 amide bonds. The molecule has 2 N–H and O–H groups in total. The Kier molecular flexibility index (Phi) is 5.62. The Morgan fingerprint density at radius 1 is 1.32 bits per heavy atom. The van der Waals surface area contributed by atoms with Crippen molar-refractivity contribution in [3.8, 4) is 5.75 Å². The number of hydrogen-bond donors (Lipinski definition) is 2. The maximum atomic E-state index is 12.2. The van der Waals surface area contributed by atoms with Crippen molar-refractivity contribution in [2.75, 3.05) is 13.1 Å². The molecule has 0 spiro atoms. The van der Waals surface area contributed by atoms with Gasteiger partial charge in [-0.1, -0.05) is 18.2 Å². The Hall–Kier alpha value is -1.76. The van der Waals surface area contributed by atoms with Crippen LogP contribution in [0.4, 0.5) is 13.2 Å². The number of amides is 1. The number of carbonyl (C=O) groups excluding carboxylic acids is 1. The molecule has 0 aliphatic heterocycles. The normalized spacial score (nSPS) is 11.2. The highest BCUT2D eigenvalue weighted by atomic mass is 19.4. The minimum absolute atomic E-state index is 0.0359. The fourth-order valence-electron chi connectivity index (χ4n) is 1.44. The second-order valence-electron chi connectivity index (χ2n) is 3.71. The van der Waals surface area contributed by atoms with Crippen molar-refractivity contribution in [2.24, 2.45) is 0 Å². The molecular weight excluding hydrogens is 261 g/mol. The van der Waals surface area contributed by atoms with Crippen LogP contribution in [0, 0.1) is 0 Å². The zero-order valence-corrected chi connectivity index (χ0v) is 10.4. The molecule has 0 saturated heterocycles. The molecule has 0 aliphatic carbocycles. The smallest absolute Gasteiger partial charge is 0.405 e. The van der Waals surface area contributed by atoms with E-state index in [9.17, 15) is 18.0 Å². The summed E-state index contributed by atoms with van der Waals surface area (Å²) in [7, 11) is 0. The lowest BCUT2D eigenvalue weighted by Gasteiger charge is -2.13. The van der Waals surface area contributed by atoms with E-state index in [1.807, 2.05) is 0 Å². The summed E-state index contributed by atoms with van der Waals surface area (Å²) in [5, 5.41) is 5.32. The van der Waals surface area contributed by atoms with Gasteiger partial charge in [-0.3, -0.25) is 4.79 Å². The van der Waals surface area contributed by atoms with Crippen molar-refractivity contribution >= 4 is 5.91 Å². The first-order valence-electron chi connectivity index (χ1n) is 5.73. The van der Waals surface area contributed by atoms with Crippen molar-refractivity contribution in [1.82, 2.24) is 10.6 Å². The van der Waals surface area contributed by atoms with Gasteiger partial charge in [0.2, 0.25) is 5.91 Å². The van der Waals surface area contributed by atoms with E-state index in [1.54, 1.807) is 13.0 Å². The predicted octanol–water partition coefficient (Wildman–Crippen LogP) is 1.81. The van der Waals surface area contributed by atoms with Gasteiger partial charge in [0.25, 0.3) is 0 Å². The number of para-hydroxylation sites is 1. The summed E-state index contributed by atoms with van der Waals surface area (Å²) >= 11 is 0. The first-order valence-corrected chi connectivity index (χ1v) is 5.73. The molecular formula is C12H15F3N2O2. The second kappa shape index (κ2) is 6.98. The molecule has 1 rings (SSSR count). The molecule has 0 bridgehead atoms. The van der Waals surface area contributed by atoms with Crippen LogP contribution >= 0.6 is 0 Å². The van der Waals surface area contributed by atoms with Crippen LogP contribution in [0.15, 0.2) is 24.3 Å². The van der Waals surface area contributed by atoms with Gasteiger partial charge in [0.15, 0.2) is 0 Å². The SMILES string of the molecule is CCNC(=O)CNCc1ccccc1OC(F)(F)F. The second-order valence-corrected chi connectivity index (χ2v) is 3.71. The van der Waals surface area contributed by atoms with Gasteiger partial charge < -0.3 is 15.4 Å². The number of benzene rings is 1. The highest BCUT2D eigenvalue weighted by Crippen LogP contribution is 2.25. The van der Waals surface area contributed by atoms with Crippen molar-refractivity contribution in [2.45, 2.75) is 19.8 Å². The third kappa shape index (κ3) is 6.10. The van der Waals surface area contributed by atoms with Gasteiger partial charge in [-0.25, -0.2) is 0 Å². The van der Waals surface area contributed by atoms with Gasteiger partial charge in [-0.2, -0.15) is 0 Å². The third-order valence-corrected chi connectivity index (χ3v) is 2.17. The molecule has 0 unspecified atom stereocenters. The molecule has 19 heavy (non-hydrogen) atoms.